The smallest absolute Gasteiger partial charge is 0.359 e. The maximum absolute atomic E-state index is 12.7. The zero-order valence-electron chi connectivity index (χ0n) is 9.96. The topological polar surface area (TPSA) is 54.2 Å². The first kappa shape index (κ1) is 12.9. The molecule has 1 aliphatic rings. The van der Waals surface area contributed by atoms with E-state index < -0.39 is 11.7 Å². The summed E-state index contributed by atoms with van der Waals surface area (Å²) in [6.45, 7) is 0.721. The molecule has 1 fully saturated rings. The number of nitrogens with zero attached hydrogens (tertiary/aromatic N) is 2. The highest BCUT2D eigenvalue weighted by atomic mass is 19.4. The number of anilines is 2. The Labute approximate surface area is 103 Å². The molecule has 2 rings (SSSR count). The van der Waals surface area contributed by atoms with E-state index in [2.05, 4.69) is 10.4 Å². The fourth-order valence-corrected chi connectivity index (χ4v) is 1.73. The van der Waals surface area contributed by atoms with Crippen molar-refractivity contribution in [3.63, 3.8) is 0 Å². The van der Waals surface area contributed by atoms with Gasteiger partial charge in [-0.3, -0.25) is 0 Å². The van der Waals surface area contributed by atoms with E-state index in [0.29, 0.717) is 5.92 Å². The van der Waals surface area contributed by atoms with Crippen molar-refractivity contribution < 1.29 is 13.2 Å². The van der Waals surface area contributed by atoms with Crippen LogP contribution in [0.5, 0.6) is 0 Å². The van der Waals surface area contributed by atoms with E-state index in [1.807, 2.05) is 0 Å². The molecule has 0 unspecified atom stereocenters. The van der Waals surface area contributed by atoms with Crippen molar-refractivity contribution >= 4 is 11.6 Å². The Kier molecular flexibility index (Phi) is 3.34. The van der Waals surface area contributed by atoms with Crippen LogP contribution in [0.2, 0.25) is 0 Å². The summed E-state index contributed by atoms with van der Waals surface area (Å²) in [5.74, 6) is 6.01. The number of rotatable bonds is 4. The quantitative estimate of drug-likeness (QED) is 0.644. The number of nitrogen functional groups attached to an aromatic ring is 1. The summed E-state index contributed by atoms with van der Waals surface area (Å²) in [6, 6.07) is 1.94. The fraction of sp³-hybridized carbons (Fsp3) is 0.545. The zero-order valence-corrected chi connectivity index (χ0v) is 9.96. The molecule has 18 heavy (non-hydrogen) atoms. The zero-order chi connectivity index (χ0) is 13.3. The number of halogens is 3. The van der Waals surface area contributed by atoms with E-state index in [0.717, 1.165) is 31.5 Å². The summed E-state index contributed by atoms with van der Waals surface area (Å²) in [5.41, 5.74) is 1.42. The van der Waals surface area contributed by atoms with Crippen LogP contribution in [-0.2, 0) is 6.18 Å². The Morgan fingerprint density at radius 2 is 2.11 bits per heavy atom. The summed E-state index contributed by atoms with van der Waals surface area (Å²) >= 11 is 0. The number of pyridine rings is 1. The second-order valence-electron chi connectivity index (χ2n) is 4.57. The van der Waals surface area contributed by atoms with Crippen LogP contribution in [0.25, 0.3) is 0 Å². The molecule has 0 aromatic carbocycles. The first-order valence-corrected chi connectivity index (χ1v) is 5.67. The minimum Gasteiger partial charge on any atom is -0.359 e. The molecule has 100 valence electrons. The predicted molar refractivity (Wildman–Crippen MR) is 63.0 cm³/mol. The van der Waals surface area contributed by atoms with E-state index in [9.17, 15) is 13.2 Å². The van der Waals surface area contributed by atoms with Gasteiger partial charge in [0, 0.05) is 13.6 Å². The summed E-state index contributed by atoms with van der Waals surface area (Å²) < 4.78 is 38.1. The van der Waals surface area contributed by atoms with Gasteiger partial charge in [-0.1, -0.05) is 0 Å². The van der Waals surface area contributed by atoms with Crippen LogP contribution >= 0.6 is 0 Å². The highest BCUT2D eigenvalue weighted by molar-refractivity contribution is 5.50. The summed E-state index contributed by atoms with van der Waals surface area (Å²) in [7, 11) is 1.74. The largest absolute Gasteiger partial charge is 0.416 e. The number of nitrogens with two attached hydrogens (primary N) is 1. The van der Waals surface area contributed by atoms with Crippen LogP contribution in [0.1, 0.15) is 18.4 Å². The molecule has 0 saturated heterocycles. The number of alkyl halides is 3. The van der Waals surface area contributed by atoms with Gasteiger partial charge >= 0.3 is 6.18 Å². The molecular weight excluding hydrogens is 245 g/mol. The lowest BCUT2D eigenvalue weighted by molar-refractivity contribution is -0.137. The molecule has 0 aliphatic heterocycles. The minimum absolute atomic E-state index is 0.0162. The van der Waals surface area contributed by atoms with Gasteiger partial charge in [0.2, 0.25) is 0 Å². The molecule has 7 heteroatoms. The summed E-state index contributed by atoms with van der Waals surface area (Å²) in [4.78, 5) is 5.77. The van der Waals surface area contributed by atoms with Crippen molar-refractivity contribution in [2.24, 2.45) is 11.8 Å². The van der Waals surface area contributed by atoms with E-state index >= 15 is 0 Å². The van der Waals surface area contributed by atoms with Crippen molar-refractivity contribution in [3.05, 3.63) is 17.7 Å². The highest BCUT2D eigenvalue weighted by Crippen LogP contribution is 2.34. The Morgan fingerprint density at radius 1 is 1.44 bits per heavy atom. The number of aromatic nitrogens is 1. The maximum Gasteiger partial charge on any atom is 0.416 e. The lowest BCUT2D eigenvalue weighted by Gasteiger charge is -2.20. The third kappa shape index (κ3) is 3.04. The normalized spacial score (nSPS) is 15.6. The van der Waals surface area contributed by atoms with Gasteiger partial charge in [0.15, 0.2) is 0 Å². The number of nitrogens with one attached hydrogen (secondary N) is 1. The third-order valence-corrected chi connectivity index (χ3v) is 2.91. The van der Waals surface area contributed by atoms with E-state index in [1.165, 1.54) is 0 Å². The molecule has 1 aliphatic carbocycles. The Hall–Kier alpha value is -1.50. The van der Waals surface area contributed by atoms with Crippen LogP contribution in [-0.4, -0.2) is 18.6 Å². The third-order valence-electron chi connectivity index (χ3n) is 2.91. The number of hydrazine groups is 1. The molecule has 0 atom stereocenters. The van der Waals surface area contributed by atoms with Gasteiger partial charge < -0.3 is 10.3 Å². The standard InChI is InChI=1S/C11H15F3N4/c1-18(6-7-2-3-7)10-5-8(11(12,13)14)4-9(16-10)17-15/h4-5,7H,2-3,6,15H2,1H3,(H,16,17). The van der Waals surface area contributed by atoms with Gasteiger partial charge in [0.25, 0.3) is 0 Å². The fourth-order valence-electron chi connectivity index (χ4n) is 1.73. The first-order valence-electron chi connectivity index (χ1n) is 5.67. The van der Waals surface area contributed by atoms with Gasteiger partial charge in [-0.05, 0) is 30.9 Å². The average molecular weight is 260 g/mol. The first-order chi connectivity index (χ1) is 8.40. The summed E-state index contributed by atoms with van der Waals surface area (Å²) in [6.07, 6.45) is -2.14. The Bertz CT molecular complexity index is 429. The van der Waals surface area contributed by atoms with Crippen LogP contribution in [0, 0.1) is 5.92 Å². The molecule has 0 amide bonds. The summed E-state index contributed by atoms with van der Waals surface area (Å²) in [5, 5.41) is 0. The number of hydrogen-bond acceptors (Lipinski definition) is 4. The van der Waals surface area contributed by atoms with E-state index in [4.69, 9.17) is 5.84 Å². The van der Waals surface area contributed by atoms with Crippen molar-refractivity contribution in [1.82, 2.24) is 4.98 Å². The lowest BCUT2D eigenvalue weighted by Crippen LogP contribution is -2.23. The van der Waals surface area contributed by atoms with Crippen LogP contribution in [0.3, 0.4) is 0 Å². The van der Waals surface area contributed by atoms with E-state index in [1.54, 1.807) is 11.9 Å². The molecule has 4 nitrogen and oxygen atoms in total. The molecule has 0 spiro atoms. The molecule has 3 N–H and O–H groups in total. The monoisotopic (exact) mass is 260 g/mol. The van der Waals surface area contributed by atoms with Gasteiger partial charge in [-0.25, -0.2) is 10.8 Å². The average Bonchev–Trinajstić information content (AvgIpc) is 3.11. The molecule has 1 aromatic heterocycles. The molecule has 1 heterocycles. The van der Waals surface area contributed by atoms with Crippen molar-refractivity contribution in [2.75, 3.05) is 23.9 Å². The molecule has 1 aromatic rings. The number of hydrogen-bond donors (Lipinski definition) is 2. The van der Waals surface area contributed by atoms with Crippen molar-refractivity contribution in [3.8, 4) is 0 Å². The molecule has 0 radical (unpaired) electrons. The van der Waals surface area contributed by atoms with Crippen molar-refractivity contribution in [1.29, 1.82) is 0 Å². The predicted octanol–water partition coefficient (Wildman–Crippen LogP) is 2.23. The van der Waals surface area contributed by atoms with Crippen molar-refractivity contribution in [2.45, 2.75) is 19.0 Å². The second-order valence-corrected chi connectivity index (χ2v) is 4.57. The minimum atomic E-state index is -4.40. The molecular formula is C11H15F3N4. The van der Waals surface area contributed by atoms with Gasteiger partial charge in [0.05, 0.1) is 5.56 Å². The van der Waals surface area contributed by atoms with Gasteiger partial charge in [-0.2, -0.15) is 13.2 Å². The van der Waals surface area contributed by atoms with Gasteiger partial charge in [0.1, 0.15) is 11.6 Å². The molecule has 1 saturated carbocycles. The Balaban J connectivity index is 2.27. The SMILES string of the molecule is CN(CC1CC1)c1cc(C(F)(F)F)cc(NN)n1. The highest BCUT2D eigenvalue weighted by Gasteiger charge is 2.32. The Morgan fingerprint density at radius 3 is 2.61 bits per heavy atom. The van der Waals surface area contributed by atoms with Gasteiger partial charge in [-0.15, -0.1) is 0 Å². The second kappa shape index (κ2) is 4.64. The van der Waals surface area contributed by atoms with Crippen LogP contribution in [0.15, 0.2) is 12.1 Å². The lowest BCUT2D eigenvalue weighted by atomic mass is 10.2. The van der Waals surface area contributed by atoms with E-state index in [-0.39, 0.29) is 11.6 Å². The maximum atomic E-state index is 12.7. The van der Waals surface area contributed by atoms with Crippen LogP contribution < -0.4 is 16.2 Å². The van der Waals surface area contributed by atoms with Crippen LogP contribution in [0.4, 0.5) is 24.8 Å². The molecule has 0 bridgehead atoms.